The molecule has 2 heterocycles. The lowest BCUT2D eigenvalue weighted by molar-refractivity contribution is 0.292. The second kappa shape index (κ2) is 7.31. The molecule has 0 unspecified atom stereocenters. The third kappa shape index (κ3) is 4.02. The Bertz CT molecular complexity index is 820. The van der Waals surface area contributed by atoms with Crippen molar-refractivity contribution in [3.63, 3.8) is 0 Å². The predicted molar refractivity (Wildman–Crippen MR) is 93.1 cm³/mol. The minimum absolute atomic E-state index is 0.391. The number of aromatic nitrogens is 4. The lowest BCUT2D eigenvalue weighted by Crippen LogP contribution is -2.20. The molecule has 3 aromatic rings. The lowest BCUT2D eigenvalue weighted by atomic mass is 10.2. The van der Waals surface area contributed by atoms with Crippen molar-refractivity contribution < 1.29 is 4.74 Å². The first-order valence-electron chi connectivity index (χ1n) is 7.48. The van der Waals surface area contributed by atoms with Crippen molar-refractivity contribution in [1.29, 1.82) is 0 Å². The van der Waals surface area contributed by atoms with E-state index in [2.05, 4.69) is 15.0 Å². The van der Waals surface area contributed by atoms with Crippen LogP contribution in [0.15, 0.2) is 49.1 Å². The van der Waals surface area contributed by atoms with Crippen LogP contribution in [0.3, 0.4) is 0 Å². The van der Waals surface area contributed by atoms with E-state index in [9.17, 15) is 0 Å². The van der Waals surface area contributed by atoms with E-state index in [1.54, 1.807) is 18.6 Å². The van der Waals surface area contributed by atoms with Gasteiger partial charge in [-0.2, -0.15) is 4.98 Å². The number of anilines is 1. The molecule has 0 aliphatic rings. The van der Waals surface area contributed by atoms with Crippen LogP contribution in [0.4, 0.5) is 5.82 Å². The number of nitrogens with zero attached hydrogens (tertiary/aromatic N) is 5. The van der Waals surface area contributed by atoms with Crippen LogP contribution in [-0.2, 0) is 20.2 Å². The highest BCUT2D eigenvalue weighted by atomic mass is 35.5. The van der Waals surface area contributed by atoms with E-state index in [4.69, 9.17) is 16.3 Å². The summed E-state index contributed by atoms with van der Waals surface area (Å²) in [6.07, 6.45) is 7.00. The van der Waals surface area contributed by atoms with Crippen LogP contribution < -0.4 is 9.64 Å². The van der Waals surface area contributed by atoms with E-state index in [0.29, 0.717) is 24.1 Å². The Morgan fingerprint density at radius 1 is 1.29 bits per heavy atom. The molecule has 124 valence electrons. The molecule has 0 aliphatic heterocycles. The Hall–Kier alpha value is -2.60. The number of benzene rings is 1. The molecule has 2 aromatic heterocycles. The van der Waals surface area contributed by atoms with Gasteiger partial charge in [-0.1, -0.05) is 23.7 Å². The van der Waals surface area contributed by atoms with Crippen molar-refractivity contribution in [2.24, 2.45) is 7.05 Å². The summed E-state index contributed by atoms with van der Waals surface area (Å²) >= 11 is 5.98. The minimum Gasteiger partial charge on any atom is -0.472 e. The predicted octanol–water partition coefficient (Wildman–Crippen LogP) is 3.08. The van der Waals surface area contributed by atoms with Gasteiger partial charge in [0.25, 0.3) is 0 Å². The first-order chi connectivity index (χ1) is 11.6. The second-order valence-electron chi connectivity index (χ2n) is 5.44. The summed E-state index contributed by atoms with van der Waals surface area (Å²) < 4.78 is 7.69. The first kappa shape index (κ1) is 16.3. The van der Waals surface area contributed by atoms with Crippen molar-refractivity contribution in [1.82, 2.24) is 19.5 Å². The van der Waals surface area contributed by atoms with Gasteiger partial charge in [-0.3, -0.25) is 4.98 Å². The molecule has 3 rings (SSSR count). The van der Waals surface area contributed by atoms with Gasteiger partial charge in [0.1, 0.15) is 12.4 Å². The molecular weight excluding hydrogens is 326 g/mol. The largest absolute Gasteiger partial charge is 0.472 e. The van der Waals surface area contributed by atoms with E-state index in [0.717, 1.165) is 17.2 Å². The van der Waals surface area contributed by atoms with E-state index in [1.165, 1.54) is 0 Å². The normalized spacial score (nSPS) is 10.6. The van der Waals surface area contributed by atoms with Crippen molar-refractivity contribution in [2.45, 2.75) is 13.2 Å². The topological polar surface area (TPSA) is 56.1 Å². The van der Waals surface area contributed by atoms with Crippen LogP contribution in [0.2, 0.25) is 5.02 Å². The maximum absolute atomic E-state index is 5.98. The van der Waals surface area contributed by atoms with Gasteiger partial charge >= 0.3 is 0 Å². The molecule has 7 heteroatoms. The first-order valence-corrected chi connectivity index (χ1v) is 7.86. The highest BCUT2D eigenvalue weighted by molar-refractivity contribution is 6.30. The van der Waals surface area contributed by atoms with Crippen molar-refractivity contribution in [3.05, 3.63) is 65.5 Å². The summed E-state index contributed by atoms with van der Waals surface area (Å²) in [4.78, 5) is 15.0. The van der Waals surface area contributed by atoms with Gasteiger partial charge in [0.05, 0.1) is 18.9 Å². The summed E-state index contributed by atoms with van der Waals surface area (Å²) in [5.74, 6) is 2.14. The summed E-state index contributed by atoms with van der Waals surface area (Å²) in [6.45, 7) is 1.03. The third-order valence-corrected chi connectivity index (χ3v) is 3.80. The highest BCUT2D eigenvalue weighted by Crippen LogP contribution is 2.17. The standard InChI is InChI=1S/C17H18ClN5O/c1-22-7-6-20-16(22)11-23(2)15-9-19-10-17(21-15)24-12-13-4-3-5-14(18)8-13/h3-10H,11-12H2,1-2H3. The smallest absolute Gasteiger partial charge is 0.234 e. The molecule has 0 amide bonds. The van der Waals surface area contributed by atoms with Crippen molar-refractivity contribution >= 4 is 17.4 Å². The summed E-state index contributed by atoms with van der Waals surface area (Å²) in [5, 5.41) is 0.686. The monoisotopic (exact) mass is 343 g/mol. The number of hydrogen-bond acceptors (Lipinski definition) is 5. The average Bonchev–Trinajstić information content (AvgIpc) is 2.98. The molecule has 0 saturated heterocycles. The summed E-state index contributed by atoms with van der Waals surface area (Å²) in [7, 11) is 3.91. The van der Waals surface area contributed by atoms with Gasteiger partial charge in [-0.15, -0.1) is 0 Å². The number of rotatable bonds is 6. The van der Waals surface area contributed by atoms with Crippen molar-refractivity contribution in [2.75, 3.05) is 11.9 Å². The summed E-state index contributed by atoms with van der Waals surface area (Å²) in [5.41, 5.74) is 0.982. The van der Waals surface area contributed by atoms with E-state index in [-0.39, 0.29) is 0 Å². The quantitative estimate of drug-likeness (QED) is 0.688. The zero-order valence-electron chi connectivity index (χ0n) is 13.6. The fourth-order valence-corrected chi connectivity index (χ4v) is 2.43. The van der Waals surface area contributed by atoms with Crippen LogP contribution >= 0.6 is 11.6 Å². The van der Waals surface area contributed by atoms with Gasteiger partial charge in [-0.25, -0.2) is 4.98 Å². The SMILES string of the molecule is CN(Cc1nccn1C)c1cncc(OCc2cccc(Cl)c2)n1. The van der Waals surface area contributed by atoms with Crippen molar-refractivity contribution in [3.8, 4) is 5.88 Å². The van der Waals surface area contributed by atoms with Crippen LogP contribution in [-0.4, -0.2) is 26.6 Å². The molecule has 1 aromatic carbocycles. The summed E-state index contributed by atoms with van der Waals surface area (Å²) in [6, 6.07) is 7.55. The Morgan fingerprint density at radius 2 is 2.17 bits per heavy atom. The van der Waals surface area contributed by atoms with Gasteiger partial charge in [0.15, 0.2) is 5.82 Å². The Kier molecular flexibility index (Phi) is 4.96. The molecule has 6 nitrogen and oxygen atoms in total. The fraction of sp³-hybridized carbons (Fsp3) is 0.235. The molecular formula is C17H18ClN5O. The maximum atomic E-state index is 5.98. The molecule has 24 heavy (non-hydrogen) atoms. The van der Waals surface area contributed by atoms with Gasteiger partial charge in [0.2, 0.25) is 5.88 Å². The van der Waals surface area contributed by atoms with Crippen LogP contribution in [0.1, 0.15) is 11.4 Å². The lowest BCUT2D eigenvalue weighted by Gasteiger charge is -2.18. The zero-order chi connectivity index (χ0) is 16.9. The number of halogens is 1. The fourth-order valence-electron chi connectivity index (χ4n) is 2.22. The molecule has 0 fully saturated rings. The Labute approximate surface area is 145 Å². The maximum Gasteiger partial charge on any atom is 0.234 e. The Morgan fingerprint density at radius 3 is 2.92 bits per heavy atom. The molecule has 0 spiro atoms. The number of ether oxygens (including phenoxy) is 1. The highest BCUT2D eigenvalue weighted by Gasteiger charge is 2.09. The van der Waals surface area contributed by atoms with Gasteiger partial charge in [-0.05, 0) is 17.7 Å². The molecule has 0 bridgehead atoms. The number of imidazole rings is 1. The molecule has 0 saturated carbocycles. The second-order valence-corrected chi connectivity index (χ2v) is 5.88. The molecule has 0 aliphatic carbocycles. The van der Waals surface area contributed by atoms with Gasteiger partial charge in [0, 0.05) is 31.5 Å². The molecule has 0 N–H and O–H groups in total. The third-order valence-electron chi connectivity index (χ3n) is 3.57. The van der Waals surface area contributed by atoms with Crippen LogP contribution in [0, 0.1) is 0 Å². The van der Waals surface area contributed by atoms with E-state index >= 15 is 0 Å². The minimum atomic E-state index is 0.391. The number of aryl methyl sites for hydroxylation is 1. The van der Waals surface area contributed by atoms with Crippen LogP contribution in [0.5, 0.6) is 5.88 Å². The molecule has 0 radical (unpaired) electrons. The van der Waals surface area contributed by atoms with Crippen LogP contribution in [0.25, 0.3) is 0 Å². The zero-order valence-corrected chi connectivity index (χ0v) is 14.3. The average molecular weight is 344 g/mol. The van der Waals surface area contributed by atoms with Gasteiger partial charge < -0.3 is 14.2 Å². The van der Waals surface area contributed by atoms with E-state index in [1.807, 2.05) is 54.0 Å². The molecule has 0 atom stereocenters. The van der Waals surface area contributed by atoms with E-state index < -0.39 is 0 Å². The Balaban J connectivity index is 1.66. The number of hydrogen-bond donors (Lipinski definition) is 0.